The second kappa shape index (κ2) is 6.87. The van der Waals surface area contributed by atoms with Gasteiger partial charge in [0.2, 0.25) is 0 Å². The smallest absolute Gasteiger partial charge is 0.0329 e. The van der Waals surface area contributed by atoms with Crippen LogP contribution in [-0.4, -0.2) is 29.6 Å². The Kier molecular flexibility index (Phi) is 5.43. The van der Waals surface area contributed by atoms with E-state index in [1.54, 1.807) is 0 Å². The zero-order valence-corrected chi connectivity index (χ0v) is 13.2. The van der Waals surface area contributed by atoms with Crippen molar-refractivity contribution in [1.82, 2.24) is 4.90 Å². The predicted octanol–water partition coefficient (Wildman–Crippen LogP) is 3.66. The average molecular weight is 280 g/mol. The van der Waals surface area contributed by atoms with Crippen LogP contribution in [0.5, 0.6) is 0 Å². The standard InChI is InChI=1S/C16H28N2S/c1-3-16(2,18-11-5-4-6-12-18)15(17)10-9-14-8-7-13-19-14/h7-8,13,15H,3-6,9-12,17H2,1-2H3. The van der Waals surface area contributed by atoms with Crippen LogP contribution >= 0.6 is 11.3 Å². The van der Waals surface area contributed by atoms with Crippen LogP contribution in [0.1, 0.15) is 50.8 Å². The number of nitrogens with zero attached hydrogens (tertiary/aromatic N) is 1. The molecule has 1 fully saturated rings. The summed E-state index contributed by atoms with van der Waals surface area (Å²) in [4.78, 5) is 4.11. The van der Waals surface area contributed by atoms with Crippen molar-refractivity contribution in [2.75, 3.05) is 13.1 Å². The largest absolute Gasteiger partial charge is 0.326 e. The summed E-state index contributed by atoms with van der Waals surface area (Å²) in [6.07, 6.45) is 7.45. The van der Waals surface area contributed by atoms with E-state index in [9.17, 15) is 0 Å². The number of hydrogen-bond donors (Lipinski definition) is 1. The molecule has 2 nitrogen and oxygen atoms in total. The van der Waals surface area contributed by atoms with Gasteiger partial charge in [-0.1, -0.05) is 19.4 Å². The maximum absolute atomic E-state index is 6.57. The number of thiophene rings is 1. The van der Waals surface area contributed by atoms with Crippen LogP contribution in [0, 0.1) is 0 Å². The van der Waals surface area contributed by atoms with E-state index < -0.39 is 0 Å². The van der Waals surface area contributed by atoms with Gasteiger partial charge in [-0.25, -0.2) is 0 Å². The molecular weight excluding hydrogens is 252 g/mol. The summed E-state index contributed by atoms with van der Waals surface area (Å²) in [5.41, 5.74) is 6.75. The summed E-state index contributed by atoms with van der Waals surface area (Å²) in [7, 11) is 0. The zero-order chi connectivity index (χ0) is 13.7. The minimum Gasteiger partial charge on any atom is -0.326 e. The molecule has 0 bridgehead atoms. The normalized spacial score (nSPS) is 22.1. The molecule has 1 aliphatic heterocycles. The van der Waals surface area contributed by atoms with Crippen molar-refractivity contribution in [1.29, 1.82) is 0 Å². The summed E-state index contributed by atoms with van der Waals surface area (Å²) >= 11 is 1.85. The lowest BCUT2D eigenvalue weighted by atomic mass is 9.83. The number of hydrogen-bond acceptors (Lipinski definition) is 3. The van der Waals surface area contributed by atoms with Crippen LogP contribution in [0.2, 0.25) is 0 Å². The molecule has 1 aromatic heterocycles. The summed E-state index contributed by atoms with van der Waals surface area (Å²) in [6.45, 7) is 7.13. The SMILES string of the molecule is CCC(C)(C(N)CCc1cccs1)N1CCCCC1. The molecule has 2 heterocycles. The second-order valence-corrected chi connectivity index (χ2v) is 7.02. The van der Waals surface area contributed by atoms with Gasteiger partial charge in [-0.05, 0) is 63.6 Å². The van der Waals surface area contributed by atoms with Gasteiger partial charge >= 0.3 is 0 Å². The first-order chi connectivity index (χ1) is 9.16. The molecule has 3 heteroatoms. The highest BCUT2D eigenvalue weighted by Gasteiger charge is 2.36. The van der Waals surface area contributed by atoms with Crippen LogP contribution in [0.15, 0.2) is 17.5 Å². The molecule has 1 aromatic rings. The first-order valence-electron chi connectivity index (χ1n) is 7.70. The van der Waals surface area contributed by atoms with Crippen molar-refractivity contribution in [3.63, 3.8) is 0 Å². The number of likely N-dealkylation sites (tertiary alicyclic amines) is 1. The highest BCUT2D eigenvalue weighted by atomic mass is 32.1. The van der Waals surface area contributed by atoms with Gasteiger partial charge in [0.1, 0.15) is 0 Å². The average Bonchev–Trinajstić information content (AvgIpc) is 2.98. The lowest BCUT2D eigenvalue weighted by Crippen LogP contribution is -2.59. The first kappa shape index (κ1) is 15.0. The highest BCUT2D eigenvalue weighted by molar-refractivity contribution is 7.09. The van der Waals surface area contributed by atoms with Crippen molar-refractivity contribution in [3.05, 3.63) is 22.4 Å². The molecule has 108 valence electrons. The molecule has 0 amide bonds. The van der Waals surface area contributed by atoms with E-state index in [0.717, 1.165) is 19.3 Å². The minimum atomic E-state index is 0.178. The Morgan fingerprint density at radius 3 is 2.68 bits per heavy atom. The van der Waals surface area contributed by atoms with E-state index in [0.29, 0.717) is 0 Å². The molecule has 0 radical (unpaired) electrons. The highest BCUT2D eigenvalue weighted by Crippen LogP contribution is 2.28. The molecule has 2 rings (SSSR count). The topological polar surface area (TPSA) is 29.3 Å². The Bertz CT molecular complexity index is 357. The summed E-state index contributed by atoms with van der Waals surface area (Å²) in [5, 5.41) is 2.16. The summed E-state index contributed by atoms with van der Waals surface area (Å²) < 4.78 is 0. The van der Waals surface area contributed by atoms with E-state index in [2.05, 4.69) is 36.3 Å². The van der Waals surface area contributed by atoms with Gasteiger partial charge in [0.05, 0.1) is 0 Å². The monoisotopic (exact) mass is 280 g/mol. The number of nitrogens with two attached hydrogens (primary N) is 1. The second-order valence-electron chi connectivity index (χ2n) is 5.98. The number of piperidine rings is 1. The van der Waals surface area contributed by atoms with Gasteiger partial charge in [-0.15, -0.1) is 11.3 Å². The molecule has 2 unspecified atom stereocenters. The van der Waals surface area contributed by atoms with Crippen LogP contribution in [0.25, 0.3) is 0 Å². The van der Waals surface area contributed by atoms with Crippen molar-refractivity contribution in [3.8, 4) is 0 Å². The van der Waals surface area contributed by atoms with E-state index in [4.69, 9.17) is 5.73 Å². The third-order valence-electron chi connectivity index (χ3n) is 4.87. The van der Waals surface area contributed by atoms with E-state index in [1.165, 1.54) is 37.2 Å². The van der Waals surface area contributed by atoms with Crippen molar-refractivity contribution in [2.45, 2.75) is 64.0 Å². The Hall–Kier alpha value is -0.380. The third-order valence-corrected chi connectivity index (χ3v) is 5.81. The summed E-state index contributed by atoms with van der Waals surface area (Å²) in [5.74, 6) is 0. The van der Waals surface area contributed by atoms with Crippen molar-refractivity contribution >= 4 is 11.3 Å². The van der Waals surface area contributed by atoms with Crippen LogP contribution in [0.4, 0.5) is 0 Å². The predicted molar refractivity (Wildman–Crippen MR) is 84.7 cm³/mol. The van der Waals surface area contributed by atoms with E-state index >= 15 is 0 Å². The fourth-order valence-electron chi connectivity index (χ4n) is 3.19. The van der Waals surface area contributed by atoms with E-state index in [-0.39, 0.29) is 11.6 Å². The Balaban J connectivity index is 1.94. The first-order valence-corrected chi connectivity index (χ1v) is 8.58. The minimum absolute atomic E-state index is 0.178. The van der Waals surface area contributed by atoms with Gasteiger partial charge in [-0.3, -0.25) is 4.90 Å². The molecule has 0 aliphatic carbocycles. The van der Waals surface area contributed by atoms with Gasteiger partial charge in [0.15, 0.2) is 0 Å². The molecule has 1 saturated heterocycles. The number of aryl methyl sites for hydroxylation is 1. The molecular formula is C16H28N2S. The fourth-order valence-corrected chi connectivity index (χ4v) is 3.91. The van der Waals surface area contributed by atoms with Crippen LogP contribution in [-0.2, 0) is 6.42 Å². The Morgan fingerprint density at radius 2 is 2.11 bits per heavy atom. The Labute approximate surface area is 122 Å². The van der Waals surface area contributed by atoms with Crippen LogP contribution < -0.4 is 5.73 Å². The van der Waals surface area contributed by atoms with E-state index in [1.807, 2.05) is 11.3 Å². The quantitative estimate of drug-likeness (QED) is 0.861. The third kappa shape index (κ3) is 3.59. The van der Waals surface area contributed by atoms with Crippen LogP contribution in [0.3, 0.4) is 0 Å². The molecule has 19 heavy (non-hydrogen) atoms. The van der Waals surface area contributed by atoms with Gasteiger partial charge in [0.25, 0.3) is 0 Å². The summed E-state index contributed by atoms with van der Waals surface area (Å²) in [6, 6.07) is 4.63. The van der Waals surface area contributed by atoms with Crippen molar-refractivity contribution < 1.29 is 0 Å². The number of rotatable bonds is 6. The maximum Gasteiger partial charge on any atom is 0.0329 e. The molecule has 0 spiro atoms. The molecule has 2 atom stereocenters. The lowest BCUT2D eigenvalue weighted by Gasteiger charge is -2.47. The van der Waals surface area contributed by atoms with Crippen molar-refractivity contribution in [2.24, 2.45) is 5.73 Å². The molecule has 1 aliphatic rings. The molecule has 0 aromatic carbocycles. The Morgan fingerprint density at radius 1 is 1.37 bits per heavy atom. The van der Waals surface area contributed by atoms with Gasteiger partial charge < -0.3 is 5.73 Å². The van der Waals surface area contributed by atoms with Gasteiger partial charge in [-0.2, -0.15) is 0 Å². The zero-order valence-electron chi connectivity index (χ0n) is 12.4. The molecule has 2 N–H and O–H groups in total. The van der Waals surface area contributed by atoms with Gasteiger partial charge in [0, 0.05) is 16.5 Å². The fraction of sp³-hybridized carbons (Fsp3) is 0.750. The maximum atomic E-state index is 6.57. The lowest BCUT2D eigenvalue weighted by molar-refractivity contribution is 0.0523. The molecule has 0 saturated carbocycles.